The summed E-state index contributed by atoms with van der Waals surface area (Å²) in [4.78, 5) is 11.0. The van der Waals surface area contributed by atoms with E-state index in [4.69, 9.17) is 27.9 Å². The topological polar surface area (TPSA) is 38.3 Å². The van der Waals surface area contributed by atoms with Crippen LogP contribution in [0.3, 0.4) is 0 Å². The molecule has 16 heavy (non-hydrogen) atoms. The van der Waals surface area contributed by atoms with Gasteiger partial charge in [0.2, 0.25) is 0 Å². The van der Waals surface area contributed by atoms with Gasteiger partial charge >= 0.3 is 5.97 Å². The van der Waals surface area contributed by atoms with E-state index >= 15 is 0 Å². The molecule has 0 saturated heterocycles. The van der Waals surface area contributed by atoms with Crippen molar-refractivity contribution in [3.63, 3.8) is 0 Å². The molecule has 3 nitrogen and oxygen atoms in total. The molecular weight excluding hydrogens is 249 g/mol. The van der Waals surface area contributed by atoms with Gasteiger partial charge in [0, 0.05) is 18.0 Å². The van der Waals surface area contributed by atoms with Crippen molar-refractivity contribution in [1.29, 1.82) is 0 Å². The number of benzene rings is 1. The van der Waals surface area contributed by atoms with Crippen LogP contribution in [0.25, 0.3) is 0 Å². The molecule has 86 valence electrons. The molecular formula is C11H11Cl2NO2. The zero-order chi connectivity index (χ0) is 12.0. The van der Waals surface area contributed by atoms with Gasteiger partial charge in [0.1, 0.15) is 0 Å². The molecule has 0 fully saturated rings. The summed E-state index contributed by atoms with van der Waals surface area (Å²) >= 11 is 11.6. The van der Waals surface area contributed by atoms with Gasteiger partial charge in [-0.1, -0.05) is 23.2 Å². The van der Waals surface area contributed by atoms with Gasteiger partial charge in [-0.15, -0.1) is 0 Å². The summed E-state index contributed by atoms with van der Waals surface area (Å²) in [5.74, 6) is -0.393. The number of rotatable bonds is 4. The van der Waals surface area contributed by atoms with Gasteiger partial charge in [-0.05, 0) is 25.1 Å². The van der Waals surface area contributed by atoms with Crippen molar-refractivity contribution in [1.82, 2.24) is 0 Å². The highest BCUT2D eigenvalue weighted by atomic mass is 35.5. The zero-order valence-electron chi connectivity index (χ0n) is 8.67. The lowest BCUT2D eigenvalue weighted by Crippen LogP contribution is -2.00. The highest BCUT2D eigenvalue weighted by Gasteiger charge is 1.98. The highest BCUT2D eigenvalue weighted by molar-refractivity contribution is 6.42. The first-order valence-electron chi connectivity index (χ1n) is 4.68. The lowest BCUT2D eigenvalue weighted by Gasteiger charge is -2.02. The van der Waals surface area contributed by atoms with Crippen LogP contribution < -0.4 is 5.32 Å². The van der Waals surface area contributed by atoms with Crippen LogP contribution in [0.1, 0.15) is 6.92 Å². The molecule has 0 unspecified atom stereocenters. The molecule has 0 aliphatic rings. The number of halogens is 2. The largest absolute Gasteiger partial charge is 0.463 e. The van der Waals surface area contributed by atoms with Gasteiger partial charge in [-0.2, -0.15) is 0 Å². The summed E-state index contributed by atoms with van der Waals surface area (Å²) < 4.78 is 4.71. The molecule has 0 atom stereocenters. The van der Waals surface area contributed by atoms with Crippen molar-refractivity contribution in [3.8, 4) is 0 Å². The Hall–Kier alpha value is -1.19. The quantitative estimate of drug-likeness (QED) is 0.665. The number of hydrogen-bond donors (Lipinski definition) is 1. The van der Waals surface area contributed by atoms with E-state index < -0.39 is 5.97 Å². The Kier molecular flexibility index (Phi) is 5.15. The van der Waals surface area contributed by atoms with Gasteiger partial charge in [0.05, 0.1) is 16.7 Å². The average molecular weight is 260 g/mol. The van der Waals surface area contributed by atoms with Crippen LogP contribution in [0.15, 0.2) is 30.5 Å². The fraction of sp³-hybridized carbons (Fsp3) is 0.182. The summed E-state index contributed by atoms with van der Waals surface area (Å²) in [5, 5.41) is 3.82. The number of esters is 1. The number of ether oxygens (including phenoxy) is 1. The molecule has 1 aromatic rings. The first kappa shape index (κ1) is 12.9. The SMILES string of the molecule is CCOC(=O)/C=C\Nc1ccc(Cl)c(Cl)c1. The minimum atomic E-state index is -0.393. The standard InChI is InChI=1S/C11H11Cl2NO2/c1-2-16-11(15)5-6-14-8-3-4-9(12)10(13)7-8/h3-7,14H,2H2,1H3/b6-5-. The van der Waals surface area contributed by atoms with Crippen molar-refractivity contribution < 1.29 is 9.53 Å². The van der Waals surface area contributed by atoms with E-state index in [-0.39, 0.29) is 0 Å². The number of carbonyl (C=O) groups is 1. The maximum atomic E-state index is 11.0. The summed E-state index contributed by atoms with van der Waals surface area (Å²) in [6, 6.07) is 5.09. The van der Waals surface area contributed by atoms with Crippen molar-refractivity contribution in [2.75, 3.05) is 11.9 Å². The second-order valence-electron chi connectivity index (χ2n) is 2.86. The van der Waals surface area contributed by atoms with Gasteiger partial charge < -0.3 is 10.1 Å². The molecule has 0 aliphatic heterocycles. The van der Waals surface area contributed by atoms with Crippen molar-refractivity contribution in [2.24, 2.45) is 0 Å². The lowest BCUT2D eigenvalue weighted by molar-refractivity contribution is -0.137. The average Bonchev–Trinajstić information content (AvgIpc) is 2.24. The molecule has 1 aromatic carbocycles. The zero-order valence-corrected chi connectivity index (χ0v) is 10.2. The van der Waals surface area contributed by atoms with Crippen molar-refractivity contribution in [3.05, 3.63) is 40.5 Å². The van der Waals surface area contributed by atoms with E-state index in [0.29, 0.717) is 16.7 Å². The second kappa shape index (κ2) is 6.40. The van der Waals surface area contributed by atoms with E-state index in [9.17, 15) is 4.79 Å². The van der Waals surface area contributed by atoms with Crippen LogP contribution in [-0.4, -0.2) is 12.6 Å². The van der Waals surface area contributed by atoms with Crippen LogP contribution in [0.5, 0.6) is 0 Å². The molecule has 1 rings (SSSR count). The third-order valence-electron chi connectivity index (χ3n) is 1.68. The van der Waals surface area contributed by atoms with Gasteiger partial charge in [-0.25, -0.2) is 4.79 Å². The first-order valence-corrected chi connectivity index (χ1v) is 5.44. The monoisotopic (exact) mass is 259 g/mol. The van der Waals surface area contributed by atoms with Gasteiger partial charge in [0.25, 0.3) is 0 Å². The Labute approximate surface area is 104 Å². The Morgan fingerprint density at radius 1 is 1.44 bits per heavy atom. The summed E-state index contributed by atoms with van der Waals surface area (Å²) in [6.07, 6.45) is 2.78. The van der Waals surface area contributed by atoms with Crippen LogP contribution in [0.2, 0.25) is 10.0 Å². The number of carbonyl (C=O) groups excluding carboxylic acids is 1. The smallest absolute Gasteiger partial charge is 0.332 e. The van der Waals surface area contributed by atoms with Gasteiger partial charge in [0.15, 0.2) is 0 Å². The predicted molar refractivity (Wildman–Crippen MR) is 65.9 cm³/mol. The molecule has 0 spiro atoms. The molecule has 0 aromatic heterocycles. The van der Waals surface area contributed by atoms with Crippen LogP contribution in [0.4, 0.5) is 5.69 Å². The van der Waals surface area contributed by atoms with E-state index in [0.717, 1.165) is 5.69 Å². The normalized spacial score (nSPS) is 10.4. The van der Waals surface area contributed by atoms with Crippen molar-refractivity contribution >= 4 is 34.9 Å². The minimum Gasteiger partial charge on any atom is -0.463 e. The fourth-order valence-electron chi connectivity index (χ4n) is 0.982. The summed E-state index contributed by atoms with van der Waals surface area (Å²) in [7, 11) is 0. The second-order valence-corrected chi connectivity index (χ2v) is 3.67. The Morgan fingerprint density at radius 2 is 2.19 bits per heavy atom. The van der Waals surface area contributed by atoms with Gasteiger partial charge in [-0.3, -0.25) is 0 Å². The van der Waals surface area contributed by atoms with E-state index in [2.05, 4.69) is 5.32 Å². The molecule has 0 heterocycles. The third kappa shape index (κ3) is 4.13. The van der Waals surface area contributed by atoms with E-state index in [1.807, 2.05) is 0 Å². The van der Waals surface area contributed by atoms with Crippen LogP contribution in [-0.2, 0) is 9.53 Å². The molecule has 5 heteroatoms. The fourth-order valence-corrected chi connectivity index (χ4v) is 1.28. The molecule has 0 saturated carbocycles. The highest BCUT2D eigenvalue weighted by Crippen LogP contribution is 2.24. The lowest BCUT2D eigenvalue weighted by atomic mass is 10.3. The predicted octanol–water partition coefficient (Wildman–Crippen LogP) is 3.48. The molecule has 0 radical (unpaired) electrons. The number of anilines is 1. The maximum absolute atomic E-state index is 11.0. The maximum Gasteiger partial charge on any atom is 0.332 e. The molecule has 0 amide bonds. The molecule has 1 N–H and O–H groups in total. The Balaban J connectivity index is 2.54. The molecule has 0 aliphatic carbocycles. The van der Waals surface area contributed by atoms with E-state index in [1.165, 1.54) is 12.3 Å². The van der Waals surface area contributed by atoms with Crippen LogP contribution >= 0.6 is 23.2 Å². The minimum absolute atomic E-state index is 0.357. The summed E-state index contributed by atoms with van der Waals surface area (Å²) in [6.45, 7) is 2.11. The van der Waals surface area contributed by atoms with Crippen LogP contribution in [0, 0.1) is 0 Å². The Bertz CT molecular complexity index is 405. The van der Waals surface area contributed by atoms with Crippen molar-refractivity contribution in [2.45, 2.75) is 6.92 Å². The Morgan fingerprint density at radius 3 is 2.81 bits per heavy atom. The van der Waals surface area contributed by atoms with E-state index in [1.54, 1.807) is 25.1 Å². The molecule has 0 bridgehead atoms. The third-order valence-corrected chi connectivity index (χ3v) is 2.41. The number of nitrogens with one attached hydrogen (secondary N) is 1. The summed E-state index contributed by atoms with van der Waals surface area (Å²) in [5.41, 5.74) is 0.745. The first-order chi connectivity index (χ1) is 7.63. The number of hydrogen-bond acceptors (Lipinski definition) is 3.